The first-order valence-corrected chi connectivity index (χ1v) is 8.68. The fourth-order valence-corrected chi connectivity index (χ4v) is 3.71. The molecule has 1 fully saturated rings. The molecule has 1 N–H and O–H groups in total. The van der Waals surface area contributed by atoms with E-state index in [2.05, 4.69) is 11.9 Å². The topological polar surface area (TPSA) is 113 Å². The second-order valence-corrected chi connectivity index (χ2v) is 7.05. The molecule has 0 bridgehead atoms. The van der Waals surface area contributed by atoms with Crippen LogP contribution in [0, 0.1) is 10.1 Å². The summed E-state index contributed by atoms with van der Waals surface area (Å²) in [5.74, 6) is 0. The van der Waals surface area contributed by atoms with Crippen molar-refractivity contribution in [2.45, 2.75) is 4.90 Å². The van der Waals surface area contributed by atoms with Crippen LogP contribution in [0.15, 0.2) is 41.8 Å². The van der Waals surface area contributed by atoms with Crippen LogP contribution in [0.2, 0.25) is 0 Å². The number of non-ortho nitro benzene ring substituents is 1. The summed E-state index contributed by atoms with van der Waals surface area (Å²) >= 11 is 0. The summed E-state index contributed by atoms with van der Waals surface area (Å²) in [4.78, 5) is 23.4. The van der Waals surface area contributed by atoms with Gasteiger partial charge in [-0.3, -0.25) is 10.1 Å². The minimum Gasteiger partial charge on any atom is -0.335 e. The third-order valence-corrected chi connectivity index (χ3v) is 5.52. The molecule has 0 spiro atoms. The first kappa shape index (κ1) is 17.9. The molecule has 2 rings (SSSR count). The molecule has 0 saturated carbocycles. The van der Waals surface area contributed by atoms with E-state index in [0.717, 1.165) is 12.1 Å². The SMILES string of the molecule is C=CCNC(=O)N1CCN(S(=O)(=O)c2ccc([N+](=O)[O-])cc2)CC1. The molecule has 1 aromatic carbocycles. The Labute approximate surface area is 139 Å². The zero-order valence-corrected chi connectivity index (χ0v) is 13.7. The van der Waals surface area contributed by atoms with E-state index in [4.69, 9.17) is 0 Å². The first-order chi connectivity index (χ1) is 11.4. The van der Waals surface area contributed by atoms with Crippen molar-refractivity contribution in [2.24, 2.45) is 0 Å². The number of nitro groups is 1. The maximum atomic E-state index is 12.5. The van der Waals surface area contributed by atoms with Crippen LogP contribution < -0.4 is 5.32 Å². The average Bonchev–Trinajstić information content (AvgIpc) is 2.59. The molecule has 1 heterocycles. The second-order valence-electron chi connectivity index (χ2n) is 5.12. The first-order valence-electron chi connectivity index (χ1n) is 7.24. The number of benzene rings is 1. The predicted octanol–water partition coefficient (Wildman–Crippen LogP) is 0.797. The van der Waals surface area contributed by atoms with E-state index in [1.165, 1.54) is 21.3 Å². The van der Waals surface area contributed by atoms with Gasteiger partial charge >= 0.3 is 6.03 Å². The summed E-state index contributed by atoms with van der Waals surface area (Å²) in [7, 11) is -3.73. The lowest BCUT2D eigenvalue weighted by Crippen LogP contribution is -2.53. The minimum absolute atomic E-state index is 0.00217. The summed E-state index contributed by atoms with van der Waals surface area (Å²) < 4.78 is 26.4. The third-order valence-electron chi connectivity index (χ3n) is 3.61. The van der Waals surface area contributed by atoms with Crippen molar-refractivity contribution in [1.29, 1.82) is 0 Å². The number of nitro benzene ring substituents is 1. The van der Waals surface area contributed by atoms with Crippen LogP contribution in [-0.4, -0.2) is 61.3 Å². The molecule has 2 amide bonds. The van der Waals surface area contributed by atoms with Crippen molar-refractivity contribution in [1.82, 2.24) is 14.5 Å². The molecule has 1 aliphatic rings. The summed E-state index contributed by atoms with van der Waals surface area (Å²) in [5.41, 5.74) is -0.169. The highest BCUT2D eigenvalue weighted by molar-refractivity contribution is 7.89. The van der Waals surface area contributed by atoms with Crippen molar-refractivity contribution in [3.8, 4) is 0 Å². The van der Waals surface area contributed by atoms with Gasteiger partial charge in [-0.2, -0.15) is 4.31 Å². The number of nitrogens with zero attached hydrogens (tertiary/aromatic N) is 3. The maximum Gasteiger partial charge on any atom is 0.317 e. The molecule has 0 unspecified atom stereocenters. The molecule has 10 heteroatoms. The van der Waals surface area contributed by atoms with Crippen LogP contribution in [0.5, 0.6) is 0 Å². The van der Waals surface area contributed by atoms with Crippen molar-refractivity contribution >= 4 is 21.7 Å². The van der Waals surface area contributed by atoms with E-state index in [9.17, 15) is 23.3 Å². The number of carbonyl (C=O) groups is 1. The number of amides is 2. The zero-order chi connectivity index (χ0) is 17.7. The zero-order valence-electron chi connectivity index (χ0n) is 12.9. The molecule has 0 aliphatic carbocycles. The summed E-state index contributed by atoms with van der Waals surface area (Å²) in [6.07, 6.45) is 1.56. The van der Waals surface area contributed by atoms with Gasteiger partial charge in [-0.05, 0) is 12.1 Å². The van der Waals surface area contributed by atoms with E-state index in [-0.39, 0.29) is 42.8 Å². The van der Waals surface area contributed by atoms with Gasteiger partial charge in [-0.15, -0.1) is 6.58 Å². The van der Waals surface area contributed by atoms with E-state index in [1.807, 2.05) is 0 Å². The fraction of sp³-hybridized carbons (Fsp3) is 0.357. The summed E-state index contributed by atoms with van der Waals surface area (Å²) in [5, 5.41) is 13.3. The molecule has 1 aromatic rings. The van der Waals surface area contributed by atoms with Gasteiger partial charge in [0.15, 0.2) is 0 Å². The second kappa shape index (κ2) is 7.41. The molecule has 9 nitrogen and oxygen atoms in total. The van der Waals surface area contributed by atoms with Gasteiger partial charge < -0.3 is 10.2 Å². The smallest absolute Gasteiger partial charge is 0.317 e. The Morgan fingerprint density at radius 3 is 2.33 bits per heavy atom. The molecule has 0 radical (unpaired) electrons. The average molecular weight is 354 g/mol. The van der Waals surface area contributed by atoms with E-state index < -0.39 is 14.9 Å². The highest BCUT2D eigenvalue weighted by atomic mass is 32.2. The van der Waals surface area contributed by atoms with Crippen molar-refractivity contribution < 1.29 is 18.1 Å². The standard InChI is InChI=1S/C14H18N4O5S/c1-2-7-15-14(19)16-8-10-17(11-9-16)24(22,23)13-5-3-12(4-6-13)18(20)21/h2-6H,1,7-11H2,(H,15,19). The van der Waals surface area contributed by atoms with E-state index in [1.54, 1.807) is 6.08 Å². The predicted molar refractivity (Wildman–Crippen MR) is 87.0 cm³/mol. The fourth-order valence-electron chi connectivity index (χ4n) is 2.29. The van der Waals surface area contributed by atoms with Gasteiger partial charge in [-0.1, -0.05) is 6.08 Å². The highest BCUT2D eigenvalue weighted by Crippen LogP contribution is 2.20. The van der Waals surface area contributed by atoms with Crippen molar-refractivity contribution in [2.75, 3.05) is 32.7 Å². The lowest BCUT2D eigenvalue weighted by atomic mass is 10.3. The monoisotopic (exact) mass is 354 g/mol. The van der Waals surface area contributed by atoms with Crippen LogP contribution in [0.25, 0.3) is 0 Å². The number of hydrogen-bond acceptors (Lipinski definition) is 5. The lowest BCUT2D eigenvalue weighted by molar-refractivity contribution is -0.384. The Morgan fingerprint density at radius 2 is 1.83 bits per heavy atom. The van der Waals surface area contributed by atoms with Crippen LogP contribution in [0.3, 0.4) is 0 Å². The summed E-state index contributed by atoms with van der Waals surface area (Å²) in [6, 6.07) is 4.49. The van der Waals surface area contributed by atoms with Crippen molar-refractivity contribution in [3.05, 3.63) is 47.0 Å². The largest absolute Gasteiger partial charge is 0.335 e. The van der Waals surface area contributed by atoms with Crippen molar-refractivity contribution in [3.63, 3.8) is 0 Å². The quantitative estimate of drug-likeness (QED) is 0.477. The van der Waals surface area contributed by atoms with Gasteiger partial charge in [0.2, 0.25) is 10.0 Å². The Balaban J connectivity index is 2.03. The molecule has 130 valence electrons. The Kier molecular flexibility index (Phi) is 5.52. The number of urea groups is 1. The minimum atomic E-state index is -3.73. The Bertz CT molecular complexity index is 724. The van der Waals surface area contributed by atoms with Gasteiger partial charge in [-0.25, -0.2) is 13.2 Å². The number of nitrogens with one attached hydrogen (secondary N) is 1. The number of piperazine rings is 1. The van der Waals surface area contributed by atoms with Crippen LogP contribution in [-0.2, 0) is 10.0 Å². The van der Waals surface area contributed by atoms with Gasteiger partial charge in [0, 0.05) is 44.9 Å². The molecule has 0 atom stereocenters. The molecule has 1 aliphatic heterocycles. The number of sulfonamides is 1. The van der Waals surface area contributed by atoms with Gasteiger partial charge in [0.1, 0.15) is 0 Å². The molecule has 24 heavy (non-hydrogen) atoms. The van der Waals surface area contributed by atoms with Crippen LogP contribution >= 0.6 is 0 Å². The van der Waals surface area contributed by atoms with Gasteiger partial charge in [0.25, 0.3) is 5.69 Å². The summed E-state index contributed by atoms with van der Waals surface area (Å²) in [6.45, 7) is 4.74. The van der Waals surface area contributed by atoms with E-state index in [0.29, 0.717) is 6.54 Å². The molecule has 1 saturated heterocycles. The van der Waals surface area contributed by atoms with Crippen LogP contribution in [0.4, 0.5) is 10.5 Å². The van der Waals surface area contributed by atoms with E-state index >= 15 is 0 Å². The Morgan fingerprint density at radius 1 is 1.25 bits per heavy atom. The highest BCUT2D eigenvalue weighted by Gasteiger charge is 2.30. The third kappa shape index (κ3) is 3.89. The molecular formula is C14H18N4O5S. The molecular weight excluding hydrogens is 336 g/mol. The maximum absolute atomic E-state index is 12.5. The Hall–Kier alpha value is -2.46. The number of rotatable bonds is 5. The molecule has 0 aromatic heterocycles. The van der Waals surface area contributed by atoms with Gasteiger partial charge in [0.05, 0.1) is 9.82 Å². The normalized spacial score (nSPS) is 15.8. The number of carbonyl (C=O) groups excluding carboxylic acids is 1. The van der Waals surface area contributed by atoms with Crippen LogP contribution in [0.1, 0.15) is 0 Å². The number of hydrogen-bond donors (Lipinski definition) is 1. The lowest BCUT2D eigenvalue weighted by Gasteiger charge is -2.33.